The standard InChI is InChI=1S/C21H32BNO5/c1-19(2,3)26-18(24)23-12-15(13-23)14-25-17-10-8-9-16(11-17)22-27-20(4,5)21(6,7)28-22/h8-11,15H,12-14H2,1-7H3. The van der Waals surface area contributed by atoms with Gasteiger partial charge in [-0.1, -0.05) is 12.1 Å². The molecule has 0 saturated carbocycles. The maximum absolute atomic E-state index is 12.0. The van der Waals surface area contributed by atoms with Crippen LogP contribution in [0.3, 0.4) is 0 Å². The van der Waals surface area contributed by atoms with E-state index >= 15 is 0 Å². The van der Waals surface area contributed by atoms with Crippen molar-refractivity contribution in [1.82, 2.24) is 4.90 Å². The Balaban J connectivity index is 1.50. The average Bonchev–Trinajstić information content (AvgIpc) is 2.72. The van der Waals surface area contributed by atoms with Crippen LogP contribution in [-0.4, -0.2) is 54.6 Å². The minimum Gasteiger partial charge on any atom is -0.493 e. The second-order valence-corrected chi connectivity index (χ2v) is 9.72. The van der Waals surface area contributed by atoms with Gasteiger partial charge in [0.25, 0.3) is 0 Å². The van der Waals surface area contributed by atoms with Crippen molar-refractivity contribution in [3.8, 4) is 5.75 Å². The van der Waals surface area contributed by atoms with Crippen molar-refractivity contribution in [3.05, 3.63) is 24.3 Å². The van der Waals surface area contributed by atoms with Crippen molar-refractivity contribution < 1.29 is 23.6 Å². The highest BCUT2D eigenvalue weighted by molar-refractivity contribution is 6.62. The van der Waals surface area contributed by atoms with E-state index in [2.05, 4.69) is 0 Å². The summed E-state index contributed by atoms with van der Waals surface area (Å²) in [6.45, 7) is 15.7. The molecule has 0 spiro atoms. The molecule has 1 aromatic rings. The van der Waals surface area contributed by atoms with Crippen molar-refractivity contribution in [2.75, 3.05) is 19.7 Å². The van der Waals surface area contributed by atoms with Crippen molar-refractivity contribution in [1.29, 1.82) is 0 Å². The highest BCUT2D eigenvalue weighted by Gasteiger charge is 2.51. The van der Waals surface area contributed by atoms with E-state index in [0.717, 1.165) is 11.2 Å². The SMILES string of the molecule is CC(C)(C)OC(=O)N1CC(COc2cccc(B3OC(C)(C)C(C)(C)O3)c2)C1. The molecule has 0 aromatic heterocycles. The summed E-state index contributed by atoms with van der Waals surface area (Å²) < 4.78 is 23.5. The summed E-state index contributed by atoms with van der Waals surface area (Å²) in [4.78, 5) is 13.7. The van der Waals surface area contributed by atoms with Crippen molar-refractivity contribution in [2.24, 2.45) is 5.92 Å². The number of rotatable bonds is 4. The van der Waals surface area contributed by atoms with E-state index in [-0.39, 0.29) is 17.3 Å². The third kappa shape index (κ3) is 4.63. The lowest BCUT2D eigenvalue weighted by molar-refractivity contribution is -0.00781. The van der Waals surface area contributed by atoms with Gasteiger partial charge in [0.15, 0.2) is 0 Å². The lowest BCUT2D eigenvalue weighted by atomic mass is 9.79. The third-order valence-electron chi connectivity index (χ3n) is 5.48. The monoisotopic (exact) mass is 389 g/mol. The molecule has 2 fully saturated rings. The first-order chi connectivity index (χ1) is 12.9. The number of benzene rings is 1. The van der Waals surface area contributed by atoms with Crippen LogP contribution in [0.15, 0.2) is 24.3 Å². The lowest BCUT2D eigenvalue weighted by Gasteiger charge is -2.39. The highest BCUT2D eigenvalue weighted by Crippen LogP contribution is 2.36. The molecule has 0 atom stereocenters. The molecule has 0 N–H and O–H groups in total. The highest BCUT2D eigenvalue weighted by atomic mass is 16.7. The van der Waals surface area contributed by atoms with Crippen LogP contribution >= 0.6 is 0 Å². The summed E-state index contributed by atoms with van der Waals surface area (Å²) in [7, 11) is -0.403. The van der Waals surface area contributed by atoms with E-state index in [1.54, 1.807) is 4.90 Å². The average molecular weight is 389 g/mol. The third-order valence-corrected chi connectivity index (χ3v) is 5.48. The Morgan fingerprint density at radius 3 is 2.36 bits per heavy atom. The zero-order valence-corrected chi connectivity index (χ0v) is 18.1. The van der Waals surface area contributed by atoms with Gasteiger partial charge in [-0.3, -0.25) is 0 Å². The molecule has 28 heavy (non-hydrogen) atoms. The summed E-state index contributed by atoms with van der Waals surface area (Å²) in [6.07, 6.45) is -0.258. The van der Waals surface area contributed by atoms with Gasteiger partial charge in [-0.2, -0.15) is 0 Å². The van der Waals surface area contributed by atoms with Gasteiger partial charge in [0.05, 0.1) is 17.8 Å². The minimum absolute atomic E-state index is 0.258. The Hall–Kier alpha value is -1.73. The van der Waals surface area contributed by atoms with Gasteiger partial charge >= 0.3 is 13.2 Å². The topological polar surface area (TPSA) is 57.2 Å². The molecule has 0 radical (unpaired) electrons. The molecule has 2 aliphatic rings. The van der Waals surface area contributed by atoms with Crippen LogP contribution in [-0.2, 0) is 14.0 Å². The molecule has 2 aliphatic heterocycles. The first kappa shape index (κ1) is 21.0. The quantitative estimate of drug-likeness (QED) is 0.741. The predicted molar refractivity (Wildman–Crippen MR) is 109 cm³/mol. The first-order valence-electron chi connectivity index (χ1n) is 9.93. The number of amides is 1. The molecule has 2 saturated heterocycles. The van der Waals surface area contributed by atoms with Crippen LogP contribution < -0.4 is 10.2 Å². The molecule has 6 nitrogen and oxygen atoms in total. The van der Waals surface area contributed by atoms with Gasteiger partial charge in [-0.25, -0.2) is 4.79 Å². The summed E-state index contributed by atoms with van der Waals surface area (Å²) in [6, 6.07) is 7.83. The molecule has 0 bridgehead atoms. The van der Waals surface area contributed by atoms with E-state index in [0.29, 0.717) is 25.6 Å². The summed E-state index contributed by atoms with van der Waals surface area (Å²) in [5, 5.41) is 0. The first-order valence-corrected chi connectivity index (χ1v) is 9.93. The summed E-state index contributed by atoms with van der Waals surface area (Å²) in [5.74, 6) is 1.09. The Morgan fingerprint density at radius 1 is 1.18 bits per heavy atom. The van der Waals surface area contributed by atoms with Crippen LogP contribution in [0.25, 0.3) is 0 Å². The summed E-state index contributed by atoms with van der Waals surface area (Å²) >= 11 is 0. The largest absolute Gasteiger partial charge is 0.494 e. The van der Waals surface area contributed by atoms with E-state index in [9.17, 15) is 4.79 Å². The Labute approximate surface area is 168 Å². The zero-order chi connectivity index (χ0) is 20.7. The second kappa shape index (κ2) is 7.27. The van der Waals surface area contributed by atoms with E-state index in [4.69, 9.17) is 18.8 Å². The molecular weight excluding hydrogens is 357 g/mol. The predicted octanol–water partition coefficient (Wildman–Crippen LogP) is 3.23. The Bertz CT molecular complexity index is 706. The minimum atomic E-state index is -0.466. The number of ether oxygens (including phenoxy) is 2. The number of carbonyl (C=O) groups excluding carboxylic acids is 1. The number of hydrogen-bond donors (Lipinski definition) is 0. The van der Waals surface area contributed by atoms with E-state index in [1.807, 2.05) is 72.7 Å². The van der Waals surface area contributed by atoms with Crippen molar-refractivity contribution >= 4 is 18.7 Å². The van der Waals surface area contributed by atoms with Crippen LogP contribution in [0.4, 0.5) is 4.79 Å². The summed E-state index contributed by atoms with van der Waals surface area (Å²) in [5.41, 5.74) is -0.260. The molecule has 7 heteroatoms. The second-order valence-electron chi connectivity index (χ2n) is 9.72. The number of nitrogens with zero attached hydrogens (tertiary/aromatic N) is 1. The smallest absolute Gasteiger partial charge is 0.493 e. The van der Waals surface area contributed by atoms with Crippen LogP contribution in [0, 0.1) is 5.92 Å². The molecular formula is C21H32BNO5. The number of carbonyl (C=O) groups is 1. The van der Waals surface area contributed by atoms with Crippen LogP contribution in [0.2, 0.25) is 0 Å². The van der Waals surface area contributed by atoms with E-state index < -0.39 is 12.7 Å². The molecule has 3 rings (SSSR count). The molecule has 154 valence electrons. The van der Waals surface area contributed by atoms with Crippen molar-refractivity contribution in [2.45, 2.75) is 65.3 Å². The molecule has 1 amide bonds. The van der Waals surface area contributed by atoms with Gasteiger partial charge in [0, 0.05) is 19.0 Å². The van der Waals surface area contributed by atoms with Gasteiger partial charge in [-0.05, 0) is 66.1 Å². The fourth-order valence-electron chi connectivity index (χ4n) is 3.09. The maximum Gasteiger partial charge on any atom is 0.494 e. The lowest BCUT2D eigenvalue weighted by Crippen LogP contribution is -2.53. The molecule has 2 heterocycles. The Morgan fingerprint density at radius 2 is 1.79 bits per heavy atom. The van der Waals surface area contributed by atoms with Gasteiger partial charge in [0.1, 0.15) is 11.4 Å². The maximum atomic E-state index is 12.0. The fourth-order valence-corrected chi connectivity index (χ4v) is 3.09. The van der Waals surface area contributed by atoms with E-state index in [1.165, 1.54) is 0 Å². The molecule has 0 aliphatic carbocycles. The zero-order valence-electron chi connectivity index (χ0n) is 18.1. The number of likely N-dealkylation sites (tertiary alicyclic amines) is 1. The number of hydrogen-bond acceptors (Lipinski definition) is 5. The van der Waals surface area contributed by atoms with Crippen LogP contribution in [0.5, 0.6) is 5.75 Å². The molecule has 1 aromatic carbocycles. The van der Waals surface area contributed by atoms with Gasteiger partial charge < -0.3 is 23.7 Å². The molecule has 0 unspecified atom stereocenters. The van der Waals surface area contributed by atoms with Gasteiger partial charge in [0.2, 0.25) is 0 Å². The van der Waals surface area contributed by atoms with Gasteiger partial charge in [-0.15, -0.1) is 0 Å². The van der Waals surface area contributed by atoms with Crippen LogP contribution in [0.1, 0.15) is 48.5 Å². The van der Waals surface area contributed by atoms with Crippen molar-refractivity contribution in [3.63, 3.8) is 0 Å². The Kier molecular flexibility index (Phi) is 5.45. The normalized spacial score (nSPS) is 21.4. The fraction of sp³-hybridized carbons (Fsp3) is 0.667.